The van der Waals surface area contributed by atoms with E-state index in [-0.39, 0.29) is 31.7 Å². The molecule has 10 heteroatoms. The monoisotopic (exact) mass is 403 g/mol. The second kappa shape index (κ2) is 7.81. The summed E-state index contributed by atoms with van der Waals surface area (Å²) in [7, 11) is -3.54. The van der Waals surface area contributed by atoms with Gasteiger partial charge in [0.1, 0.15) is 5.69 Å². The molecule has 1 fully saturated rings. The van der Waals surface area contributed by atoms with Gasteiger partial charge in [0.05, 0.1) is 5.75 Å². The fourth-order valence-electron chi connectivity index (χ4n) is 2.97. The molecule has 3 rings (SSSR count). The van der Waals surface area contributed by atoms with E-state index in [0.717, 1.165) is 0 Å². The Balaban J connectivity index is 1.64. The minimum atomic E-state index is -3.54. The third-order valence-corrected chi connectivity index (χ3v) is 6.24. The van der Waals surface area contributed by atoms with Crippen LogP contribution >= 0.6 is 0 Å². The molecule has 1 N–H and O–H groups in total. The van der Waals surface area contributed by atoms with Gasteiger partial charge in [-0.15, -0.1) is 0 Å². The van der Waals surface area contributed by atoms with Crippen LogP contribution in [0.1, 0.15) is 18.4 Å². The summed E-state index contributed by atoms with van der Waals surface area (Å²) >= 11 is 0. The molecule has 0 aliphatic carbocycles. The van der Waals surface area contributed by atoms with Crippen LogP contribution in [0.5, 0.6) is 0 Å². The second-order valence-corrected chi connectivity index (χ2v) is 8.22. The number of hydrogen-bond acceptors (Lipinski definition) is 4. The Kier molecular flexibility index (Phi) is 5.66. The number of nitrogens with one attached hydrogen (secondary N) is 1. The van der Waals surface area contributed by atoms with E-state index in [4.69, 9.17) is 0 Å². The zero-order chi connectivity index (χ0) is 19.6. The minimum absolute atomic E-state index is 0.131. The summed E-state index contributed by atoms with van der Waals surface area (Å²) in [5, 5.41) is 2.43. The number of nitrogens with zero attached hydrogens (tertiary/aromatic N) is 2. The van der Waals surface area contributed by atoms with Crippen LogP contribution in [0.2, 0.25) is 0 Å². The number of hydrogen-bond donors (Lipinski definition) is 1. The van der Waals surface area contributed by atoms with Crippen molar-refractivity contribution in [3.8, 4) is 0 Å². The Hall–Kier alpha value is -2.20. The predicted molar refractivity (Wildman–Crippen MR) is 91.4 cm³/mol. The van der Waals surface area contributed by atoms with Crippen LogP contribution in [0, 0.1) is 23.5 Å². The number of pyridine rings is 1. The van der Waals surface area contributed by atoms with Gasteiger partial charge in [0.2, 0.25) is 21.7 Å². The van der Waals surface area contributed by atoms with Crippen molar-refractivity contribution < 1.29 is 26.0 Å². The highest BCUT2D eigenvalue weighted by Gasteiger charge is 2.30. The average molecular weight is 403 g/mol. The fraction of sp³-hybridized carbons (Fsp3) is 0.353. The fourth-order valence-corrected chi connectivity index (χ4v) is 4.54. The SMILES string of the molecule is O=S(=O)(Cc1ccccc1)N1CCC(Nc2c(F)c(F)nc(F)c2F)CC1. The lowest BCUT2D eigenvalue weighted by molar-refractivity contribution is 0.327. The van der Waals surface area contributed by atoms with Crippen LogP contribution in [0.25, 0.3) is 0 Å². The van der Waals surface area contributed by atoms with E-state index in [9.17, 15) is 26.0 Å². The Morgan fingerprint density at radius 3 is 2.11 bits per heavy atom. The van der Waals surface area contributed by atoms with E-state index < -0.39 is 45.3 Å². The highest BCUT2D eigenvalue weighted by molar-refractivity contribution is 7.88. The summed E-state index contributed by atoms with van der Waals surface area (Å²) in [6.45, 7) is 0.262. The maximum absolute atomic E-state index is 13.7. The Morgan fingerprint density at radius 1 is 1.00 bits per heavy atom. The molecular weight excluding hydrogens is 386 g/mol. The van der Waals surface area contributed by atoms with Crippen molar-refractivity contribution in [3.63, 3.8) is 0 Å². The maximum Gasteiger partial charge on any atom is 0.253 e. The molecule has 0 unspecified atom stereocenters. The Bertz CT molecular complexity index is 891. The standard InChI is InChI=1S/C17H17F4N3O2S/c18-13-15(14(19)17(21)23-16(13)20)22-12-6-8-24(9-7-12)27(25,26)10-11-4-2-1-3-5-11/h1-5,12H,6-10H2,(H,22,23). The number of anilines is 1. The largest absolute Gasteiger partial charge is 0.377 e. The van der Waals surface area contributed by atoms with Gasteiger partial charge in [0.25, 0.3) is 11.9 Å². The van der Waals surface area contributed by atoms with Crippen molar-refractivity contribution in [2.24, 2.45) is 0 Å². The minimum Gasteiger partial charge on any atom is -0.377 e. The van der Waals surface area contributed by atoms with Gasteiger partial charge in [0, 0.05) is 19.1 Å². The first-order chi connectivity index (χ1) is 12.8. The van der Waals surface area contributed by atoms with Crippen LogP contribution in [0.3, 0.4) is 0 Å². The topological polar surface area (TPSA) is 62.3 Å². The first-order valence-electron chi connectivity index (χ1n) is 8.26. The van der Waals surface area contributed by atoms with Gasteiger partial charge in [-0.2, -0.15) is 22.5 Å². The van der Waals surface area contributed by atoms with Crippen molar-refractivity contribution in [2.75, 3.05) is 18.4 Å². The third-order valence-electron chi connectivity index (χ3n) is 4.39. The smallest absolute Gasteiger partial charge is 0.253 e. The normalized spacial score (nSPS) is 16.4. The van der Waals surface area contributed by atoms with Crippen molar-refractivity contribution in [1.82, 2.24) is 9.29 Å². The van der Waals surface area contributed by atoms with E-state index in [2.05, 4.69) is 10.3 Å². The maximum atomic E-state index is 13.7. The molecule has 1 saturated heterocycles. The van der Waals surface area contributed by atoms with Gasteiger partial charge in [-0.1, -0.05) is 30.3 Å². The van der Waals surface area contributed by atoms with Gasteiger partial charge in [-0.05, 0) is 18.4 Å². The van der Waals surface area contributed by atoms with E-state index in [1.165, 1.54) is 4.31 Å². The Labute approximate surface area is 154 Å². The molecule has 146 valence electrons. The highest BCUT2D eigenvalue weighted by Crippen LogP contribution is 2.26. The molecule has 2 heterocycles. The van der Waals surface area contributed by atoms with Crippen LogP contribution in [-0.2, 0) is 15.8 Å². The van der Waals surface area contributed by atoms with Crippen LogP contribution in [0.15, 0.2) is 30.3 Å². The zero-order valence-corrected chi connectivity index (χ0v) is 14.9. The number of sulfonamides is 1. The third kappa shape index (κ3) is 4.38. The highest BCUT2D eigenvalue weighted by atomic mass is 32.2. The number of halogens is 4. The Morgan fingerprint density at radius 2 is 1.56 bits per heavy atom. The number of rotatable bonds is 5. The lowest BCUT2D eigenvalue weighted by Gasteiger charge is -2.32. The quantitative estimate of drug-likeness (QED) is 0.616. The molecule has 1 aliphatic heterocycles. The first-order valence-corrected chi connectivity index (χ1v) is 9.87. The summed E-state index contributed by atoms with van der Waals surface area (Å²) in [5.74, 6) is -6.82. The van der Waals surface area contributed by atoms with Crippen LogP contribution < -0.4 is 5.32 Å². The van der Waals surface area contributed by atoms with Crippen molar-refractivity contribution in [2.45, 2.75) is 24.6 Å². The molecule has 0 atom stereocenters. The lowest BCUT2D eigenvalue weighted by atomic mass is 10.1. The van der Waals surface area contributed by atoms with Crippen molar-refractivity contribution in [1.29, 1.82) is 0 Å². The summed E-state index contributed by atoms with van der Waals surface area (Å²) in [5.41, 5.74) is -0.268. The molecule has 1 aliphatic rings. The molecule has 0 spiro atoms. The van der Waals surface area contributed by atoms with Gasteiger partial charge >= 0.3 is 0 Å². The summed E-state index contributed by atoms with van der Waals surface area (Å²) in [6.07, 6.45) is 0.469. The number of aromatic nitrogens is 1. The predicted octanol–water partition coefficient (Wildman–Crippen LogP) is 3.04. The van der Waals surface area contributed by atoms with E-state index in [1.54, 1.807) is 30.3 Å². The molecule has 2 aromatic rings. The summed E-state index contributed by atoms with van der Waals surface area (Å²) in [4.78, 5) is 2.50. The van der Waals surface area contributed by atoms with E-state index >= 15 is 0 Å². The summed E-state index contributed by atoms with van der Waals surface area (Å²) < 4.78 is 80.0. The second-order valence-electron chi connectivity index (χ2n) is 6.26. The van der Waals surface area contributed by atoms with Crippen molar-refractivity contribution in [3.05, 3.63) is 59.4 Å². The first kappa shape index (κ1) is 19.6. The molecule has 0 saturated carbocycles. The summed E-state index contributed by atoms with van der Waals surface area (Å²) in [6, 6.07) is 8.18. The van der Waals surface area contributed by atoms with Crippen LogP contribution in [-0.4, -0.2) is 36.8 Å². The number of benzene rings is 1. The lowest BCUT2D eigenvalue weighted by Crippen LogP contribution is -2.43. The number of piperidine rings is 1. The average Bonchev–Trinajstić information content (AvgIpc) is 2.64. The molecule has 1 aromatic heterocycles. The molecular formula is C17H17F4N3O2S. The van der Waals surface area contributed by atoms with Gasteiger partial charge in [-0.3, -0.25) is 0 Å². The molecule has 27 heavy (non-hydrogen) atoms. The zero-order valence-electron chi connectivity index (χ0n) is 14.1. The van der Waals surface area contributed by atoms with Gasteiger partial charge in [-0.25, -0.2) is 12.7 Å². The molecule has 0 radical (unpaired) electrons. The van der Waals surface area contributed by atoms with Gasteiger partial charge in [0.15, 0.2) is 0 Å². The molecule has 5 nitrogen and oxygen atoms in total. The molecule has 0 bridgehead atoms. The van der Waals surface area contributed by atoms with Gasteiger partial charge < -0.3 is 5.32 Å². The van der Waals surface area contributed by atoms with Crippen molar-refractivity contribution >= 4 is 15.7 Å². The molecule has 0 amide bonds. The molecule has 1 aromatic carbocycles. The van der Waals surface area contributed by atoms with Crippen LogP contribution in [0.4, 0.5) is 23.2 Å². The van der Waals surface area contributed by atoms with E-state index in [1.807, 2.05) is 0 Å². The van der Waals surface area contributed by atoms with E-state index in [0.29, 0.717) is 5.56 Å².